The van der Waals surface area contributed by atoms with E-state index in [4.69, 9.17) is 9.47 Å². The quantitative estimate of drug-likeness (QED) is 0.801. The highest BCUT2D eigenvalue weighted by molar-refractivity contribution is 7.93. The van der Waals surface area contributed by atoms with Crippen molar-refractivity contribution in [3.05, 3.63) is 23.8 Å². The Morgan fingerprint density at radius 3 is 2.37 bits per heavy atom. The fraction of sp³-hybridized carbons (Fsp3) is 0.650. The highest BCUT2D eigenvalue weighted by Gasteiger charge is 2.38. The molecular formula is C20H29NO5S. The Bertz CT molecular complexity index is 797. The molecule has 1 aromatic carbocycles. The van der Waals surface area contributed by atoms with E-state index in [2.05, 4.69) is 5.32 Å². The first kappa shape index (κ1) is 20.0. The molecule has 0 radical (unpaired) electrons. The van der Waals surface area contributed by atoms with Gasteiger partial charge in [-0.05, 0) is 51.3 Å². The molecule has 1 amide bonds. The van der Waals surface area contributed by atoms with E-state index >= 15 is 0 Å². The fourth-order valence-corrected chi connectivity index (χ4v) is 5.15. The van der Waals surface area contributed by atoms with E-state index in [1.807, 2.05) is 18.2 Å². The van der Waals surface area contributed by atoms with Gasteiger partial charge in [0.1, 0.15) is 18.5 Å². The highest BCUT2D eigenvalue weighted by atomic mass is 32.2. The number of ether oxygens (including phenoxy) is 2. The van der Waals surface area contributed by atoms with Gasteiger partial charge in [-0.1, -0.05) is 18.9 Å². The topological polar surface area (TPSA) is 81.7 Å². The van der Waals surface area contributed by atoms with Crippen molar-refractivity contribution in [2.75, 3.05) is 19.8 Å². The third-order valence-corrected chi connectivity index (χ3v) is 8.35. The first-order valence-electron chi connectivity index (χ1n) is 9.67. The van der Waals surface area contributed by atoms with Crippen LogP contribution in [0.2, 0.25) is 0 Å². The summed E-state index contributed by atoms with van der Waals surface area (Å²) in [5, 5.41) is 1.30. The largest absolute Gasteiger partial charge is 0.486 e. The zero-order chi connectivity index (χ0) is 19.7. The minimum atomic E-state index is -3.47. The van der Waals surface area contributed by atoms with Crippen molar-refractivity contribution in [1.29, 1.82) is 0 Å². The Morgan fingerprint density at radius 1 is 1.11 bits per heavy atom. The second-order valence-electron chi connectivity index (χ2n) is 7.84. The number of fused-ring (bicyclic) bond motifs is 1. The number of amides is 1. The van der Waals surface area contributed by atoms with E-state index in [1.165, 1.54) is 6.92 Å². The third-order valence-electron chi connectivity index (χ3n) is 5.84. The molecule has 1 N–H and O–H groups in total. The molecule has 150 valence electrons. The van der Waals surface area contributed by atoms with Crippen LogP contribution in [0.1, 0.15) is 52.0 Å². The highest BCUT2D eigenvalue weighted by Crippen LogP contribution is 2.43. The van der Waals surface area contributed by atoms with E-state index in [9.17, 15) is 13.2 Å². The number of hydrogen-bond donors (Lipinski definition) is 1. The van der Waals surface area contributed by atoms with E-state index in [-0.39, 0.29) is 5.41 Å². The molecule has 1 heterocycles. The normalized spacial score (nSPS) is 19.7. The standard InChI is InChI=1S/C20H29NO5S/c1-14(2)27(23,24)15(3)19(22)21-13-20(8-4-5-9-20)16-6-7-17-18(12-16)26-11-10-25-17/h6-7,12,14-15H,4-5,8-11,13H2,1-3H3,(H,21,22). The molecule has 1 aliphatic heterocycles. The van der Waals surface area contributed by atoms with Crippen molar-refractivity contribution in [3.8, 4) is 11.5 Å². The molecule has 0 bridgehead atoms. The minimum Gasteiger partial charge on any atom is -0.486 e. The molecule has 7 heteroatoms. The first-order chi connectivity index (χ1) is 12.8. The zero-order valence-corrected chi connectivity index (χ0v) is 17.1. The number of hydrogen-bond acceptors (Lipinski definition) is 5. The van der Waals surface area contributed by atoms with Crippen LogP contribution in [0.4, 0.5) is 0 Å². The monoisotopic (exact) mass is 395 g/mol. The zero-order valence-electron chi connectivity index (χ0n) is 16.3. The van der Waals surface area contributed by atoms with Crippen LogP contribution < -0.4 is 14.8 Å². The summed E-state index contributed by atoms with van der Waals surface area (Å²) in [6, 6.07) is 5.98. The molecule has 1 saturated carbocycles. The summed E-state index contributed by atoms with van der Waals surface area (Å²) < 4.78 is 35.9. The Hall–Kier alpha value is -1.76. The van der Waals surface area contributed by atoms with Crippen LogP contribution >= 0.6 is 0 Å². The van der Waals surface area contributed by atoms with Gasteiger partial charge in [0.2, 0.25) is 5.91 Å². The minimum absolute atomic E-state index is 0.188. The average Bonchev–Trinajstić information content (AvgIpc) is 3.15. The van der Waals surface area contributed by atoms with Gasteiger partial charge >= 0.3 is 0 Å². The lowest BCUT2D eigenvalue weighted by molar-refractivity contribution is -0.120. The van der Waals surface area contributed by atoms with Gasteiger partial charge in [-0.2, -0.15) is 0 Å². The fourth-order valence-electron chi connectivity index (χ4n) is 3.95. The summed E-state index contributed by atoms with van der Waals surface area (Å²) in [4.78, 5) is 12.5. The van der Waals surface area contributed by atoms with Crippen LogP contribution in [0.15, 0.2) is 18.2 Å². The van der Waals surface area contributed by atoms with Crippen molar-refractivity contribution in [2.45, 2.75) is 62.4 Å². The molecule has 0 aromatic heterocycles. The van der Waals surface area contributed by atoms with Crippen LogP contribution in [-0.2, 0) is 20.0 Å². The number of carbonyl (C=O) groups excluding carboxylic acids is 1. The van der Waals surface area contributed by atoms with Crippen LogP contribution in [0.5, 0.6) is 11.5 Å². The maximum absolute atomic E-state index is 12.5. The van der Waals surface area contributed by atoms with Crippen LogP contribution in [0.3, 0.4) is 0 Å². The van der Waals surface area contributed by atoms with Gasteiger partial charge in [0, 0.05) is 12.0 Å². The molecule has 3 rings (SSSR count). The van der Waals surface area contributed by atoms with Gasteiger partial charge in [0.05, 0.1) is 5.25 Å². The predicted octanol–water partition coefficient (Wildman–Crippen LogP) is 2.60. The molecule has 6 nitrogen and oxygen atoms in total. The van der Waals surface area contributed by atoms with Crippen molar-refractivity contribution < 1.29 is 22.7 Å². The Morgan fingerprint density at radius 2 is 1.74 bits per heavy atom. The SMILES string of the molecule is CC(C)S(=O)(=O)C(C)C(=O)NCC1(c2ccc3c(c2)OCCO3)CCCC1. The predicted molar refractivity (Wildman–Crippen MR) is 104 cm³/mol. The summed E-state index contributed by atoms with van der Waals surface area (Å²) in [5.41, 5.74) is 0.927. The van der Waals surface area contributed by atoms with Gasteiger partial charge in [0.15, 0.2) is 21.3 Å². The number of benzene rings is 1. The molecule has 1 atom stereocenters. The summed E-state index contributed by atoms with van der Waals surface area (Å²) in [7, 11) is -3.47. The average molecular weight is 396 g/mol. The number of rotatable bonds is 6. The summed E-state index contributed by atoms with van der Waals surface area (Å²) >= 11 is 0. The Labute approximate surface area is 161 Å². The maximum Gasteiger partial charge on any atom is 0.238 e. The van der Waals surface area contributed by atoms with Crippen LogP contribution in [0, 0.1) is 0 Å². The molecule has 1 aromatic rings. The molecular weight excluding hydrogens is 366 g/mol. The van der Waals surface area contributed by atoms with E-state index < -0.39 is 26.2 Å². The third kappa shape index (κ3) is 3.93. The summed E-state index contributed by atoms with van der Waals surface area (Å²) in [5.74, 6) is 1.07. The number of carbonyl (C=O) groups is 1. The molecule has 1 unspecified atom stereocenters. The van der Waals surface area contributed by atoms with Gasteiger partial charge in [-0.3, -0.25) is 4.79 Å². The smallest absolute Gasteiger partial charge is 0.238 e. The van der Waals surface area contributed by atoms with Gasteiger partial charge in [-0.25, -0.2) is 8.42 Å². The summed E-state index contributed by atoms with van der Waals surface area (Å²) in [6.45, 7) is 6.19. The summed E-state index contributed by atoms with van der Waals surface area (Å²) in [6.07, 6.45) is 4.09. The lowest BCUT2D eigenvalue weighted by Crippen LogP contribution is -2.46. The van der Waals surface area contributed by atoms with E-state index in [1.54, 1.807) is 13.8 Å². The second kappa shape index (κ2) is 7.70. The van der Waals surface area contributed by atoms with Gasteiger partial charge in [0.25, 0.3) is 0 Å². The van der Waals surface area contributed by atoms with Crippen LogP contribution in [0.25, 0.3) is 0 Å². The van der Waals surface area contributed by atoms with Crippen molar-refractivity contribution >= 4 is 15.7 Å². The first-order valence-corrected chi connectivity index (χ1v) is 11.3. The molecule has 0 saturated heterocycles. The van der Waals surface area contributed by atoms with Crippen molar-refractivity contribution in [3.63, 3.8) is 0 Å². The number of sulfone groups is 1. The Balaban J connectivity index is 1.77. The van der Waals surface area contributed by atoms with E-state index in [0.29, 0.717) is 19.8 Å². The van der Waals surface area contributed by atoms with E-state index in [0.717, 1.165) is 42.7 Å². The molecule has 0 spiro atoms. The molecule has 1 aliphatic carbocycles. The lowest BCUT2D eigenvalue weighted by Gasteiger charge is -2.32. The van der Waals surface area contributed by atoms with Crippen molar-refractivity contribution in [2.24, 2.45) is 0 Å². The van der Waals surface area contributed by atoms with Crippen LogP contribution in [-0.4, -0.2) is 44.6 Å². The van der Waals surface area contributed by atoms with Gasteiger partial charge < -0.3 is 14.8 Å². The molecule has 27 heavy (non-hydrogen) atoms. The molecule has 2 aliphatic rings. The lowest BCUT2D eigenvalue weighted by atomic mass is 9.78. The Kier molecular flexibility index (Phi) is 5.70. The van der Waals surface area contributed by atoms with Gasteiger partial charge in [-0.15, -0.1) is 0 Å². The maximum atomic E-state index is 12.5. The van der Waals surface area contributed by atoms with Crippen molar-refractivity contribution in [1.82, 2.24) is 5.32 Å². The molecule has 1 fully saturated rings. The second-order valence-corrected chi connectivity index (χ2v) is 10.7. The number of nitrogens with one attached hydrogen (secondary N) is 1.